The van der Waals surface area contributed by atoms with Gasteiger partial charge in [-0.3, -0.25) is 4.99 Å². The van der Waals surface area contributed by atoms with Crippen LogP contribution in [-0.4, -0.2) is 38.8 Å². The number of guanidine groups is 1. The summed E-state index contributed by atoms with van der Waals surface area (Å²) in [4.78, 5) is 4.77. The predicted molar refractivity (Wildman–Crippen MR) is 93.7 cm³/mol. The number of rotatable bonds is 9. The number of nitrogens with one attached hydrogen (secondary N) is 2. The van der Waals surface area contributed by atoms with Crippen molar-refractivity contribution in [1.82, 2.24) is 10.6 Å². The van der Waals surface area contributed by atoms with Crippen molar-refractivity contribution in [3.63, 3.8) is 0 Å². The van der Waals surface area contributed by atoms with Crippen LogP contribution in [0.1, 0.15) is 38.9 Å². The Hall–Kier alpha value is -1.49. The van der Waals surface area contributed by atoms with E-state index in [0.29, 0.717) is 11.8 Å². The summed E-state index contributed by atoms with van der Waals surface area (Å²) in [6.07, 6.45) is 6.08. The zero-order valence-electron chi connectivity index (χ0n) is 14.5. The lowest BCUT2D eigenvalue weighted by molar-refractivity contribution is 0.186. The molecule has 5 nitrogen and oxygen atoms in total. The number of hydrogen-bond acceptors (Lipinski definition) is 3. The zero-order chi connectivity index (χ0) is 16.3. The lowest BCUT2D eigenvalue weighted by Gasteiger charge is -2.16. The molecule has 2 heterocycles. The van der Waals surface area contributed by atoms with Crippen LogP contribution in [0.25, 0.3) is 0 Å². The average Bonchev–Trinajstić information content (AvgIpc) is 3.26. The van der Waals surface area contributed by atoms with Gasteiger partial charge in [0.15, 0.2) is 5.96 Å². The molecule has 1 saturated heterocycles. The molecule has 0 spiro atoms. The fourth-order valence-corrected chi connectivity index (χ4v) is 2.69. The fraction of sp³-hybridized carbons (Fsp3) is 0.722. The van der Waals surface area contributed by atoms with Crippen molar-refractivity contribution >= 4 is 5.96 Å². The van der Waals surface area contributed by atoms with Crippen molar-refractivity contribution in [2.45, 2.75) is 39.5 Å². The minimum atomic E-state index is 0.597. The molecule has 1 aliphatic heterocycles. The van der Waals surface area contributed by atoms with Gasteiger partial charge in [0, 0.05) is 38.6 Å². The fourth-order valence-electron chi connectivity index (χ4n) is 2.69. The number of ether oxygens (including phenoxy) is 1. The highest BCUT2D eigenvalue weighted by Crippen LogP contribution is 2.11. The second-order valence-corrected chi connectivity index (χ2v) is 6.24. The molecule has 1 unspecified atom stereocenters. The zero-order valence-corrected chi connectivity index (χ0v) is 14.5. The molecule has 23 heavy (non-hydrogen) atoms. The van der Waals surface area contributed by atoms with Crippen LogP contribution in [-0.2, 0) is 11.2 Å². The highest BCUT2D eigenvalue weighted by atomic mass is 16.5. The van der Waals surface area contributed by atoms with E-state index in [1.807, 2.05) is 12.1 Å². The Labute approximate surface area is 139 Å². The third kappa shape index (κ3) is 6.65. The quantitative estimate of drug-likeness (QED) is 0.542. The summed E-state index contributed by atoms with van der Waals surface area (Å²) >= 11 is 0. The van der Waals surface area contributed by atoms with E-state index in [1.54, 1.807) is 6.26 Å². The van der Waals surface area contributed by atoms with Crippen LogP contribution < -0.4 is 10.6 Å². The molecule has 0 amide bonds. The number of aliphatic imine (C=N–C) groups is 1. The first kappa shape index (κ1) is 17.9. The van der Waals surface area contributed by atoms with Gasteiger partial charge in [0.2, 0.25) is 0 Å². The topological polar surface area (TPSA) is 58.8 Å². The molecule has 2 rings (SSSR count). The molecule has 1 aromatic rings. The molecule has 1 aliphatic rings. The summed E-state index contributed by atoms with van der Waals surface area (Å²) < 4.78 is 10.8. The summed E-state index contributed by atoms with van der Waals surface area (Å²) in [5, 5.41) is 6.90. The minimum absolute atomic E-state index is 0.597. The number of hydrogen-bond donors (Lipinski definition) is 2. The highest BCUT2D eigenvalue weighted by molar-refractivity contribution is 5.79. The van der Waals surface area contributed by atoms with Gasteiger partial charge in [0.25, 0.3) is 0 Å². The van der Waals surface area contributed by atoms with Gasteiger partial charge in [-0.1, -0.05) is 26.7 Å². The van der Waals surface area contributed by atoms with E-state index in [-0.39, 0.29) is 0 Å². The summed E-state index contributed by atoms with van der Waals surface area (Å²) in [6.45, 7) is 8.84. The molecule has 0 aromatic carbocycles. The Kier molecular flexibility index (Phi) is 8.01. The molecule has 0 bridgehead atoms. The van der Waals surface area contributed by atoms with Crippen molar-refractivity contribution in [1.29, 1.82) is 0 Å². The standard InChI is InChI=1S/C18H31N3O2/c1-3-15(4-2)12-20-18(21-13-16-8-11-22-14-16)19-9-7-17-6-5-10-23-17/h5-6,10,15-16H,3-4,7-9,11-14H2,1-2H3,(H2,19,20,21). The first-order chi connectivity index (χ1) is 11.3. The van der Waals surface area contributed by atoms with Crippen molar-refractivity contribution in [3.8, 4) is 0 Å². The first-order valence-corrected chi connectivity index (χ1v) is 8.94. The van der Waals surface area contributed by atoms with E-state index in [0.717, 1.165) is 57.4 Å². The van der Waals surface area contributed by atoms with Gasteiger partial charge in [-0.25, -0.2) is 0 Å². The molecule has 2 N–H and O–H groups in total. The Balaban J connectivity index is 1.79. The third-order valence-electron chi connectivity index (χ3n) is 4.49. The Morgan fingerprint density at radius 2 is 2.22 bits per heavy atom. The van der Waals surface area contributed by atoms with Gasteiger partial charge < -0.3 is 19.8 Å². The van der Waals surface area contributed by atoms with Gasteiger partial charge in [-0.2, -0.15) is 0 Å². The van der Waals surface area contributed by atoms with Crippen LogP contribution in [0.4, 0.5) is 0 Å². The van der Waals surface area contributed by atoms with Crippen molar-refractivity contribution in [2.24, 2.45) is 16.8 Å². The second-order valence-electron chi connectivity index (χ2n) is 6.24. The van der Waals surface area contributed by atoms with Gasteiger partial charge in [0.05, 0.1) is 12.9 Å². The number of nitrogens with zero attached hydrogens (tertiary/aromatic N) is 1. The molecule has 5 heteroatoms. The van der Waals surface area contributed by atoms with Crippen LogP contribution in [0.3, 0.4) is 0 Å². The molecule has 1 fully saturated rings. The molecule has 1 aromatic heterocycles. The molecule has 0 aliphatic carbocycles. The maximum Gasteiger partial charge on any atom is 0.191 e. The summed E-state index contributed by atoms with van der Waals surface area (Å²) in [5.74, 6) is 3.17. The Morgan fingerprint density at radius 1 is 1.35 bits per heavy atom. The SMILES string of the molecule is CCC(CC)CN=C(NCCc1ccco1)NCC1CCOC1. The van der Waals surface area contributed by atoms with Crippen LogP contribution >= 0.6 is 0 Å². The predicted octanol–water partition coefficient (Wildman–Crippen LogP) is 2.83. The lowest BCUT2D eigenvalue weighted by atomic mass is 10.0. The van der Waals surface area contributed by atoms with Crippen molar-refractivity contribution < 1.29 is 9.15 Å². The van der Waals surface area contributed by atoms with Crippen molar-refractivity contribution in [3.05, 3.63) is 24.2 Å². The first-order valence-electron chi connectivity index (χ1n) is 8.94. The minimum Gasteiger partial charge on any atom is -0.469 e. The molecular formula is C18H31N3O2. The van der Waals surface area contributed by atoms with Gasteiger partial charge in [-0.15, -0.1) is 0 Å². The van der Waals surface area contributed by atoms with Gasteiger partial charge in [0.1, 0.15) is 5.76 Å². The molecule has 1 atom stereocenters. The smallest absolute Gasteiger partial charge is 0.191 e. The van der Waals surface area contributed by atoms with Gasteiger partial charge >= 0.3 is 0 Å². The third-order valence-corrected chi connectivity index (χ3v) is 4.49. The van der Waals surface area contributed by atoms with E-state index in [4.69, 9.17) is 14.1 Å². The van der Waals surface area contributed by atoms with E-state index < -0.39 is 0 Å². The van der Waals surface area contributed by atoms with E-state index >= 15 is 0 Å². The van der Waals surface area contributed by atoms with Crippen LogP contribution in [0.2, 0.25) is 0 Å². The molecule has 0 radical (unpaired) electrons. The van der Waals surface area contributed by atoms with Gasteiger partial charge in [-0.05, 0) is 24.5 Å². The maximum absolute atomic E-state index is 5.44. The monoisotopic (exact) mass is 321 g/mol. The van der Waals surface area contributed by atoms with E-state index in [1.165, 1.54) is 12.8 Å². The van der Waals surface area contributed by atoms with E-state index in [9.17, 15) is 0 Å². The largest absolute Gasteiger partial charge is 0.469 e. The Morgan fingerprint density at radius 3 is 2.87 bits per heavy atom. The number of furan rings is 1. The summed E-state index contributed by atoms with van der Waals surface area (Å²) in [6, 6.07) is 3.93. The normalized spacial score (nSPS) is 18.6. The van der Waals surface area contributed by atoms with Crippen LogP contribution in [0.5, 0.6) is 0 Å². The Bertz CT molecular complexity index is 435. The van der Waals surface area contributed by atoms with Crippen LogP contribution in [0, 0.1) is 11.8 Å². The molecule has 130 valence electrons. The summed E-state index contributed by atoms with van der Waals surface area (Å²) in [5.41, 5.74) is 0. The second kappa shape index (κ2) is 10.3. The average molecular weight is 321 g/mol. The maximum atomic E-state index is 5.44. The van der Waals surface area contributed by atoms with E-state index in [2.05, 4.69) is 24.5 Å². The molecule has 0 saturated carbocycles. The lowest BCUT2D eigenvalue weighted by Crippen LogP contribution is -2.41. The summed E-state index contributed by atoms with van der Waals surface area (Å²) in [7, 11) is 0. The molecular weight excluding hydrogens is 290 g/mol. The van der Waals surface area contributed by atoms with Crippen molar-refractivity contribution in [2.75, 3.05) is 32.8 Å². The highest BCUT2D eigenvalue weighted by Gasteiger charge is 2.15. The van der Waals surface area contributed by atoms with Crippen LogP contribution in [0.15, 0.2) is 27.8 Å².